The van der Waals surface area contributed by atoms with Crippen molar-refractivity contribution in [1.82, 2.24) is 19.4 Å². The number of benzene rings is 1. The van der Waals surface area contributed by atoms with Gasteiger partial charge in [-0.3, -0.25) is 4.57 Å². The van der Waals surface area contributed by atoms with Gasteiger partial charge in [-0.2, -0.15) is 8.78 Å². The molecule has 1 N–H and O–H groups in total. The quantitative estimate of drug-likeness (QED) is 0.882. The number of halogens is 2. The average Bonchev–Trinajstić information content (AvgIpc) is 3.03. The molecule has 24 heavy (non-hydrogen) atoms. The fourth-order valence-electron chi connectivity index (χ4n) is 2.07. The van der Waals surface area contributed by atoms with Crippen molar-refractivity contribution in [1.29, 1.82) is 0 Å². The predicted molar refractivity (Wildman–Crippen MR) is 89.1 cm³/mol. The molecule has 0 saturated carbocycles. The number of nitrogens with zero attached hydrogens (tertiary/aromatic N) is 4. The molecule has 0 bridgehead atoms. The van der Waals surface area contributed by atoms with E-state index in [1.54, 1.807) is 36.2 Å². The zero-order chi connectivity index (χ0) is 17.7. The van der Waals surface area contributed by atoms with Crippen LogP contribution in [-0.2, 0) is 0 Å². The SMILES string of the molecule is CN(C)CCN(C)C(=O)Nc1ccc(-c2nccn2C(F)F)cc1. The Hall–Kier alpha value is -2.48. The first-order valence-corrected chi connectivity index (χ1v) is 7.46. The lowest BCUT2D eigenvalue weighted by Gasteiger charge is -2.20. The summed E-state index contributed by atoms with van der Waals surface area (Å²) in [7, 11) is 5.59. The van der Waals surface area contributed by atoms with E-state index >= 15 is 0 Å². The Labute approximate surface area is 139 Å². The molecule has 2 amide bonds. The minimum absolute atomic E-state index is 0.186. The van der Waals surface area contributed by atoms with Crippen LogP contribution in [0.25, 0.3) is 11.4 Å². The Kier molecular flexibility index (Phi) is 5.86. The lowest BCUT2D eigenvalue weighted by atomic mass is 10.2. The molecular weight excluding hydrogens is 316 g/mol. The van der Waals surface area contributed by atoms with E-state index in [0.717, 1.165) is 11.1 Å². The van der Waals surface area contributed by atoms with E-state index in [-0.39, 0.29) is 11.9 Å². The highest BCUT2D eigenvalue weighted by Gasteiger charge is 2.13. The van der Waals surface area contributed by atoms with Crippen LogP contribution in [0.15, 0.2) is 36.7 Å². The molecule has 130 valence electrons. The first kappa shape index (κ1) is 17.9. The molecule has 2 rings (SSSR count). The van der Waals surface area contributed by atoms with Crippen molar-refractivity contribution in [2.24, 2.45) is 0 Å². The first-order chi connectivity index (χ1) is 11.4. The van der Waals surface area contributed by atoms with Gasteiger partial charge in [0.15, 0.2) is 0 Å². The Bertz CT molecular complexity index is 669. The van der Waals surface area contributed by atoms with Crippen LogP contribution in [0.5, 0.6) is 0 Å². The van der Waals surface area contributed by atoms with Gasteiger partial charge in [-0.15, -0.1) is 0 Å². The second-order valence-electron chi connectivity index (χ2n) is 5.67. The van der Waals surface area contributed by atoms with Gasteiger partial charge in [-0.05, 0) is 38.4 Å². The van der Waals surface area contributed by atoms with Crippen molar-refractivity contribution < 1.29 is 13.6 Å². The number of amides is 2. The molecule has 2 aromatic rings. The predicted octanol–water partition coefficient (Wildman–Crippen LogP) is 2.97. The highest BCUT2D eigenvalue weighted by Crippen LogP contribution is 2.24. The number of urea groups is 1. The summed E-state index contributed by atoms with van der Waals surface area (Å²) in [6.07, 6.45) is 2.56. The number of imidazole rings is 1. The maximum absolute atomic E-state index is 12.9. The summed E-state index contributed by atoms with van der Waals surface area (Å²) in [4.78, 5) is 19.6. The molecule has 0 aliphatic heterocycles. The highest BCUT2D eigenvalue weighted by atomic mass is 19.3. The summed E-state index contributed by atoms with van der Waals surface area (Å²) < 4.78 is 26.5. The third-order valence-electron chi connectivity index (χ3n) is 3.50. The molecule has 0 aliphatic carbocycles. The van der Waals surface area contributed by atoms with Crippen LogP contribution in [0.3, 0.4) is 0 Å². The Morgan fingerprint density at radius 1 is 1.21 bits per heavy atom. The number of nitrogens with one attached hydrogen (secondary N) is 1. The molecule has 0 spiro atoms. The van der Waals surface area contributed by atoms with E-state index in [1.165, 1.54) is 12.4 Å². The smallest absolute Gasteiger partial charge is 0.321 e. The largest absolute Gasteiger partial charge is 0.326 e. The molecular formula is C16H21F2N5O. The Morgan fingerprint density at radius 2 is 1.88 bits per heavy atom. The molecule has 8 heteroatoms. The lowest BCUT2D eigenvalue weighted by molar-refractivity contribution is 0.0720. The van der Waals surface area contributed by atoms with Gasteiger partial charge in [0.05, 0.1) is 0 Å². The molecule has 0 unspecified atom stereocenters. The molecule has 1 aromatic carbocycles. The van der Waals surface area contributed by atoms with Crippen LogP contribution in [0.1, 0.15) is 6.55 Å². The molecule has 6 nitrogen and oxygen atoms in total. The van der Waals surface area contributed by atoms with E-state index in [2.05, 4.69) is 10.3 Å². The third kappa shape index (κ3) is 4.51. The number of hydrogen-bond donors (Lipinski definition) is 1. The minimum Gasteiger partial charge on any atom is -0.326 e. The summed E-state index contributed by atoms with van der Waals surface area (Å²) in [6.45, 7) is -1.28. The zero-order valence-corrected chi connectivity index (χ0v) is 13.9. The minimum atomic E-state index is -2.65. The molecule has 0 fully saturated rings. The second-order valence-corrected chi connectivity index (χ2v) is 5.67. The molecule has 1 heterocycles. The van der Waals surface area contributed by atoms with E-state index in [0.29, 0.717) is 17.8 Å². The summed E-state index contributed by atoms with van der Waals surface area (Å²) in [5.74, 6) is 0.186. The summed E-state index contributed by atoms with van der Waals surface area (Å²) in [5, 5.41) is 2.77. The van der Waals surface area contributed by atoms with E-state index in [1.807, 2.05) is 19.0 Å². The van der Waals surface area contributed by atoms with E-state index in [4.69, 9.17) is 0 Å². The number of anilines is 1. The molecule has 0 atom stereocenters. The maximum atomic E-state index is 12.9. The standard InChI is InChI=1S/C16H21F2N5O/c1-21(2)10-11-22(3)16(24)20-13-6-4-12(5-7-13)14-19-8-9-23(14)15(17)18/h4-9,15H,10-11H2,1-3H3,(H,20,24). The number of alkyl halides is 2. The molecule has 1 aromatic heterocycles. The van der Waals surface area contributed by atoms with Gasteiger partial charge in [0.2, 0.25) is 0 Å². The number of likely N-dealkylation sites (N-methyl/N-ethyl adjacent to an activating group) is 2. The first-order valence-electron chi connectivity index (χ1n) is 7.46. The highest BCUT2D eigenvalue weighted by molar-refractivity contribution is 5.89. The van der Waals surface area contributed by atoms with Gasteiger partial charge in [0.25, 0.3) is 0 Å². The fourth-order valence-corrected chi connectivity index (χ4v) is 2.07. The monoisotopic (exact) mass is 337 g/mol. The Balaban J connectivity index is 2.02. The number of rotatable bonds is 6. The second kappa shape index (κ2) is 7.87. The summed E-state index contributed by atoms with van der Waals surface area (Å²) >= 11 is 0. The van der Waals surface area contributed by atoms with Crippen molar-refractivity contribution in [2.45, 2.75) is 6.55 Å². The maximum Gasteiger partial charge on any atom is 0.321 e. The topological polar surface area (TPSA) is 53.4 Å². The van der Waals surface area contributed by atoms with Crippen molar-refractivity contribution in [3.05, 3.63) is 36.7 Å². The van der Waals surface area contributed by atoms with Crippen molar-refractivity contribution >= 4 is 11.7 Å². The number of carbonyl (C=O) groups is 1. The van der Waals surface area contributed by atoms with Crippen LogP contribution in [-0.4, -0.2) is 59.6 Å². The van der Waals surface area contributed by atoms with E-state index < -0.39 is 6.55 Å². The van der Waals surface area contributed by atoms with Crippen molar-refractivity contribution in [3.63, 3.8) is 0 Å². The third-order valence-corrected chi connectivity index (χ3v) is 3.50. The van der Waals surface area contributed by atoms with Crippen LogP contribution in [0.2, 0.25) is 0 Å². The lowest BCUT2D eigenvalue weighted by Crippen LogP contribution is -2.36. The average molecular weight is 337 g/mol. The summed E-state index contributed by atoms with van der Waals surface area (Å²) in [5.41, 5.74) is 1.15. The number of hydrogen-bond acceptors (Lipinski definition) is 3. The molecule has 0 radical (unpaired) electrons. The van der Waals surface area contributed by atoms with Crippen molar-refractivity contribution in [3.8, 4) is 11.4 Å². The van der Waals surface area contributed by atoms with Gasteiger partial charge in [-0.1, -0.05) is 0 Å². The number of carbonyl (C=O) groups excluding carboxylic acids is 1. The Morgan fingerprint density at radius 3 is 2.46 bits per heavy atom. The van der Waals surface area contributed by atoms with Crippen LogP contribution < -0.4 is 5.32 Å². The van der Waals surface area contributed by atoms with Gasteiger partial charge in [-0.25, -0.2) is 9.78 Å². The van der Waals surface area contributed by atoms with Gasteiger partial charge in [0, 0.05) is 43.8 Å². The fraction of sp³-hybridized carbons (Fsp3) is 0.375. The molecule has 0 aliphatic rings. The van der Waals surface area contributed by atoms with Crippen molar-refractivity contribution in [2.75, 3.05) is 39.5 Å². The summed E-state index contributed by atoms with van der Waals surface area (Å²) in [6, 6.07) is 6.40. The van der Waals surface area contributed by atoms with E-state index in [9.17, 15) is 13.6 Å². The van der Waals surface area contributed by atoms with Crippen LogP contribution in [0.4, 0.5) is 19.3 Å². The number of aromatic nitrogens is 2. The van der Waals surface area contributed by atoms with Gasteiger partial charge < -0.3 is 15.1 Å². The normalized spacial score (nSPS) is 11.1. The zero-order valence-electron chi connectivity index (χ0n) is 13.9. The van der Waals surface area contributed by atoms with Gasteiger partial charge in [0.1, 0.15) is 5.82 Å². The molecule has 0 saturated heterocycles. The van der Waals surface area contributed by atoms with Crippen LogP contribution >= 0.6 is 0 Å². The van der Waals surface area contributed by atoms with Gasteiger partial charge >= 0.3 is 12.6 Å². The van der Waals surface area contributed by atoms with Crippen LogP contribution in [0, 0.1) is 0 Å².